The van der Waals surface area contributed by atoms with Gasteiger partial charge in [0.05, 0.1) is 13.7 Å². The summed E-state index contributed by atoms with van der Waals surface area (Å²) in [5, 5.41) is 13.0. The molecule has 0 aromatic heterocycles. The van der Waals surface area contributed by atoms with Crippen molar-refractivity contribution in [1.29, 1.82) is 0 Å². The van der Waals surface area contributed by atoms with Gasteiger partial charge >= 0.3 is 0 Å². The molecule has 1 aromatic carbocycles. The van der Waals surface area contributed by atoms with E-state index >= 15 is 0 Å². The van der Waals surface area contributed by atoms with Crippen LogP contribution in [0.3, 0.4) is 0 Å². The molecule has 20 heavy (non-hydrogen) atoms. The predicted octanol–water partition coefficient (Wildman–Crippen LogP) is 1.58. The van der Waals surface area contributed by atoms with Crippen molar-refractivity contribution in [3.63, 3.8) is 0 Å². The van der Waals surface area contributed by atoms with Crippen molar-refractivity contribution < 1.29 is 19.3 Å². The van der Waals surface area contributed by atoms with Crippen LogP contribution < -0.4 is 14.8 Å². The number of nitrogens with one attached hydrogen (secondary N) is 1. The van der Waals surface area contributed by atoms with Gasteiger partial charge in [0.1, 0.15) is 24.2 Å². The van der Waals surface area contributed by atoms with Gasteiger partial charge in [0.2, 0.25) is 0 Å². The molecule has 5 nitrogen and oxygen atoms in total. The number of aliphatic hydroxyl groups excluding tert-OH is 1. The zero-order valence-electron chi connectivity index (χ0n) is 12.5. The number of aliphatic hydroxyl groups is 1. The third kappa shape index (κ3) is 5.77. The fraction of sp³-hybridized carbons (Fsp3) is 0.600. The number of ether oxygens (including phenoxy) is 3. The second-order valence-corrected chi connectivity index (χ2v) is 4.38. The summed E-state index contributed by atoms with van der Waals surface area (Å²) in [6.45, 7) is 6.62. The van der Waals surface area contributed by atoms with Gasteiger partial charge in [-0.1, -0.05) is 13.0 Å². The van der Waals surface area contributed by atoms with Crippen LogP contribution in [-0.2, 0) is 11.3 Å². The molecule has 0 bridgehead atoms. The average molecular weight is 283 g/mol. The fourth-order valence-electron chi connectivity index (χ4n) is 1.69. The van der Waals surface area contributed by atoms with Crippen molar-refractivity contribution in [3.05, 3.63) is 23.8 Å². The summed E-state index contributed by atoms with van der Waals surface area (Å²) in [5.74, 6) is 1.46. The molecule has 0 saturated carbocycles. The molecule has 0 aliphatic carbocycles. The number of methoxy groups -OCH3 is 1. The first-order chi connectivity index (χ1) is 9.71. The molecule has 0 amide bonds. The minimum Gasteiger partial charge on any atom is -0.497 e. The van der Waals surface area contributed by atoms with Crippen molar-refractivity contribution >= 4 is 0 Å². The second-order valence-electron chi connectivity index (χ2n) is 4.38. The predicted molar refractivity (Wildman–Crippen MR) is 78.4 cm³/mol. The summed E-state index contributed by atoms with van der Waals surface area (Å²) >= 11 is 0. The largest absolute Gasteiger partial charge is 0.497 e. The first kappa shape index (κ1) is 16.8. The molecule has 0 radical (unpaired) electrons. The summed E-state index contributed by atoms with van der Waals surface area (Å²) in [7, 11) is 1.62. The van der Waals surface area contributed by atoms with Crippen LogP contribution in [0.15, 0.2) is 18.2 Å². The average Bonchev–Trinajstić information content (AvgIpc) is 2.49. The van der Waals surface area contributed by atoms with Crippen LogP contribution in [0.4, 0.5) is 0 Å². The van der Waals surface area contributed by atoms with Gasteiger partial charge in [-0.2, -0.15) is 0 Å². The number of hydrogen-bond donors (Lipinski definition) is 2. The quantitative estimate of drug-likeness (QED) is 0.683. The molecule has 114 valence electrons. The Hall–Kier alpha value is -1.30. The van der Waals surface area contributed by atoms with Crippen molar-refractivity contribution in [3.8, 4) is 11.5 Å². The normalized spacial score (nSPS) is 12.2. The second kappa shape index (κ2) is 9.58. The molecular weight excluding hydrogens is 258 g/mol. The summed E-state index contributed by atoms with van der Waals surface area (Å²) in [5.41, 5.74) is 1.04. The third-order valence-electron chi connectivity index (χ3n) is 2.79. The third-order valence-corrected chi connectivity index (χ3v) is 2.79. The molecule has 1 rings (SSSR count). The zero-order chi connectivity index (χ0) is 14.8. The highest BCUT2D eigenvalue weighted by atomic mass is 16.5. The van der Waals surface area contributed by atoms with Gasteiger partial charge in [-0.15, -0.1) is 0 Å². The van der Waals surface area contributed by atoms with Gasteiger partial charge in [-0.05, 0) is 19.5 Å². The van der Waals surface area contributed by atoms with Gasteiger partial charge in [-0.3, -0.25) is 0 Å². The number of benzene rings is 1. The monoisotopic (exact) mass is 283 g/mol. The fourth-order valence-corrected chi connectivity index (χ4v) is 1.69. The highest BCUT2D eigenvalue weighted by Crippen LogP contribution is 2.25. The van der Waals surface area contributed by atoms with Crippen molar-refractivity contribution in [2.24, 2.45) is 0 Å². The van der Waals surface area contributed by atoms with Crippen molar-refractivity contribution in [1.82, 2.24) is 5.32 Å². The topological polar surface area (TPSA) is 60.0 Å². The molecule has 2 N–H and O–H groups in total. The first-order valence-corrected chi connectivity index (χ1v) is 6.97. The molecule has 1 atom stereocenters. The molecule has 0 fully saturated rings. The van der Waals surface area contributed by atoms with Crippen LogP contribution in [0, 0.1) is 0 Å². The molecule has 1 unspecified atom stereocenters. The molecule has 1 aromatic rings. The Morgan fingerprint density at radius 3 is 2.70 bits per heavy atom. The van der Waals surface area contributed by atoms with Crippen LogP contribution in [-0.4, -0.2) is 44.7 Å². The molecular formula is C15H25NO4. The molecule has 0 aliphatic rings. The van der Waals surface area contributed by atoms with Gasteiger partial charge in [0, 0.05) is 24.8 Å². The summed E-state index contributed by atoms with van der Waals surface area (Å²) in [4.78, 5) is 0. The maximum Gasteiger partial charge on any atom is 0.127 e. The lowest BCUT2D eigenvalue weighted by Gasteiger charge is -2.16. The Morgan fingerprint density at radius 1 is 1.25 bits per heavy atom. The lowest BCUT2D eigenvalue weighted by molar-refractivity contribution is 0.0162. The lowest BCUT2D eigenvalue weighted by Crippen LogP contribution is -2.24. The molecule has 0 spiro atoms. The molecule has 5 heteroatoms. The smallest absolute Gasteiger partial charge is 0.127 e. The van der Waals surface area contributed by atoms with E-state index in [1.54, 1.807) is 7.11 Å². The van der Waals surface area contributed by atoms with E-state index in [9.17, 15) is 5.11 Å². The standard InChI is InChI=1S/C15H25NO4/c1-4-16-9-12-6-7-14(18-3)8-15(12)20-11-13(17)10-19-5-2/h6-8,13,16-17H,4-5,9-11H2,1-3H3. The van der Waals surface area contributed by atoms with Gasteiger partial charge in [0.15, 0.2) is 0 Å². The van der Waals surface area contributed by atoms with E-state index in [2.05, 4.69) is 12.2 Å². The lowest BCUT2D eigenvalue weighted by atomic mass is 10.2. The zero-order valence-corrected chi connectivity index (χ0v) is 12.5. The number of hydrogen-bond acceptors (Lipinski definition) is 5. The van der Waals surface area contributed by atoms with Crippen molar-refractivity contribution in [2.75, 3.05) is 33.5 Å². The summed E-state index contributed by atoms with van der Waals surface area (Å²) in [6.07, 6.45) is -0.631. The highest BCUT2D eigenvalue weighted by Gasteiger charge is 2.09. The van der Waals surface area contributed by atoms with Gasteiger partial charge in [-0.25, -0.2) is 0 Å². The minimum absolute atomic E-state index is 0.201. The summed E-state index contributed by atoms with van der Waals surface area (Å²) in [6, 6.07) is 5.70. The Labute approximate surface area is 120 Å². The van der Waals surface area contributed by atoms with E-state index < -0.39 is 6.10 Å². The Balaban J connectivity index is 2.64. The van der Waals surface area contributed by atoms with Crippen LogP contribution in [0.25, 0.3) is 0 Å². The van der Waals surface area contributed by atoms with Crippen LogP contribution in [0.5, 0.6) is 11.5 Å². The number of rotatable bonds is 10. The van der Waals surface area contributed by atoms with E-state index in [1.807, 2.05) is 25.1 Å². The maximum atomic E-state index is 9.74. The summed E-state index contributed by atoms with van der Waals surface area (Å²) < 4.78 is 16.0. The molecule has 0 heterocycles. The Kier molecular flexibility index (Phi) is 8.02. The van der Waals surface area contributed by atoms with E-state index in [0.717, 1.165) is 30.2 Å². The SMILES string of the molecule is CCNCc1ccc(OC)cc1OCC(O)COCC. The van der Waals surface area contributed by atoms with Gasteiger partial charge < -0.3 is 24.6 Å². The Bertz CT molecular complexity index is 384. The first-order valence-electron chi connectivity index (χ1n) is 6.97. The van der Waals surface area contributed by atoms with E-state index in [-0.39, 0.29) is 13.2 Å². The highest BCUT2D eigenvalue weighted by molar-refractivity contribution is 5.40. The van der Waals surface area contributed by atoms with E-state index in [0.29, 0.717) is 6.61 Å². The minimum atomic E-state index is -0.631. The Morgan fingerprint density at radius 2 is 2.05 bits per heavy atom. The molecule has 0 saturated heterocycles. The van der Waals surface area contributed by atoms with Crippen LogP contribution in [0.1, 0.15) is 19.4 Å². The van der Waals surface area contributed by atoms with Crippen LogP contribution >= 0.6 is 0 Å². The van der Waals surface area contributed by atoms with Crippen LogP contribution in [0.2, 0.25) is 0 Å². The van der Waals surface area contributed by atoms with E-state index in [1.165, 1.54) is 0 Å². The molecule has 0 aliphatic heterocycles. The van der Waals surface area contributed by atoms with E-state index in [4.69, 9.17) is 14.2 Å². The van der Waals surface area contributed by atoms with Crippen molar-refractivity contribution in [2.45, 2.75) is 26.5 Å². The van der Waals surface area contributed by atoms with Gasteiger partial charge in [0.25, 0.3) is 0 Å². The maximum absolute atomic E-state index is 9.74.